The number of anilines is 1. The van der Waals surface area contributed by atoms with Crippen LogP contribution in [0.2, 0.25) is 0 Å². The standard InChI is InChI=1S/C24H29FN4O2/c1-31-24(30)20-12-23(27-15-26-20)28-13-17-11-18(14-28)22(29-8-3-2-7-21(17)29)10-16-5-4-6-19(25)9-16/h4-6,9,12,15,17-18,21-22H,2-3,7-8,10-11,13-14H2,1H3/t17-,18+,21+,22+/m1/s1. The largest absolute Gasteiger partial charge is 0.464 e. The second kappa shape index (κ2) is 8.54. The Morgan fingerprint density at radius 2 is 2.06 bits per heavy atom. The molecule has 1 aromatic carbocycles. The number of halogens is 1. The second-order valence-corrected chi connectivity index (χ2v) is 9.12. The molecule has 4 atom stereocenters. The average Bonchev–Trinajstić information content (AvgIpc) is 2.81. The first-order valence-corrected chi connectivity index (χ1v) is 11.3. The molecule has 0 unspecified atom stereocenters. The molecule has 5 rings (SSSR count). The van der Waals surface area contributed by atoms with Crippen molar-refractivity contribution in [1.82, 2.24) is 14.9 Å². The number of methoxy groups -OCH3 is 1. The first kappa shape index (κ1) is 20.4. The number of rotatable bonds is 4. The van der Waals surface area contributed by atoms with E-state index in [2.05, 4.69) is 19.8 Å². The lowest BCUT2D eigenvalue weighted by atomic mass is 9.71. The predicted octanol–water partition coefficient (Wildman–Crippen LogP) is 3.32. The number of fused-ring (bicyclic) bond motifs is 4. The summed E-state index contributed by atoms with van der Waals surface area (Å²) in [5.41, 5.74) is 1.36. The zero-order chi connectivity index (χ0) is 21.4. The fourth-order valence-electron chi connectivity index (χ4n) is 6.02. The molecule has 2 bridgehead atoms. The van der Waals surface area contributed by atoms with Crippen molar-refractivity contribution in [2.75, 3.05) is 31.6 Å². The molecular weight excluding hydrogens is 395 g/mol. The molecule has 3 saturated heterocycles. The summed E-state index contributed by atoms with van der Waals surface area (Å²) in [7, 11) is 1.37. The number of aromatic nitrogens is 2. The van der Waals surface area contributed by atoms with Gasteiger partial charge in [-0.3, -0.25) is 4.90 Å². The summed E-state index contributed by atoms with van der Waals surface area (Å²) in [6.45, 7) is 2.97. The SMILES string of the molecule is COC(=O)c1cc(N2C[C@H]3C[C@@H](C2)[C@H](Cc2cccc(F)c2)N2CCCC[C@@H]32)ncn1. The third-order valence-electron chi connectivity index (χ3n) is 7.33. The number of ether oxygens (including phenoxy) is 1. The minimum atomic E-state index is -0.441. The summed E-state index contributed by atoms with van der Waals surface area (Å²) in [4.78, 5) is 25.5. The summed E-state index contributed by atoms with van der Waals surface area (Å²) in [5.74, 6) is 1.25. The Hall–Kier alpha value is -2.54. The van der Waals surface area contributed by atoms with Gasteiger partial charge in [0.1, 0.15) is 18.0 Å². The van der Waals surface area contributed by atoms with E-state index in [0.717, 1.165) is 37.4 Å². The Labute approximate surface area is 182 Å². The summed E-state index contributed by atoms with van der Waals surface area (Å²) < 4.78 is 18.7. The van der Waals surface area contributed by atoms with E-state index in [1.807, 2.05) is 12.1 Å². The van der Waals surface area contributed by atoms with Gasteiger partial charge in [-0.05, 0) is 61.8 Å². The number of carbonyl (C=O) groups excluding carboxylic acids is 1. The van der Waals surface area contributed by atoms with Gasteiger partial charge in [0.2, 0.25) is 0 Å². The first-order valence-electron chi connectivity index (χ1n) is 11.3. The molecule has 0 radical (unpaired) electrons. The minimum Gasteiger partial charge on any atom is -0.464 e. The summed E-state index contributed by atoms with van der Waals surface area (Å²) in [6.07, 6.45) is 7.26. The van der Waals surface area contributed by atoms with Crippen LogP contribution in [0.3, 0.4) is 0 Å². The quantitative estimate of drug-likeness (QED) is 0.702. The molecule has 0 saturated carbocycles. The molecule has 7 heteroatoms. The molecule has 164 valence electrons. The van der Waals surface area contributed by atoms with Crippen LogP contribution in [0.5, 0.6) is 0 Å². The Balaban J connectivity index is 1.43. The highest BCUT2D eigenvalue weighted by Gasteiger charge is 2.47. The highest BCUT2D eigenvalue weighted by Crippen LogP contribution is 2.43. The number of esters is 1. The van der Waals surface area contributed by atoms with Gasteiger partial charge in [0.05, 0.1) is 7.11 Å². The van der Waals surface area contributed by atoms with E-state index < -0.39 is 5.97 Å². The number of piperidine rings is 3. The lowest BCUT2D eigenvalue weighted by Crippen LogP contribution is -2.64. The van der Waals surface area contributed by atoms with Crippen molar-refractivity contribution >= 4 is 11.8 Å². The van der Waals surface area contributed by atoms with Crippen LogP contribution in [0.4, 0.5) is 10.2 Å². The number of carbonyl (C=O) groups is 1. The summed E-state index contributed by atoms with van der Waals surface area (Å²) >= 11 is 0. The molecule has 6 nitrogen and oxygen atoms in total. The molecule has 0 aliphatic carbocycles. The van der Waals surface area contributed by atoms with Crippen LogP contribution in [-0.4, -0.2) is 59.7 Å². The van der Waals surface area contributed by atoms with E-state index >= 15 is 0 Å². The third-order valence-corrected chi connectivity index (χ3v) is 7.33. The maximum atomic E-state index is 13.8. The maximum Gasteiger partial charge on any atom is 0.356 e. The highest BCUT2D eigenvalue weighted by molar-refractivity contribution is 5.87. The molecule has 0 spiro atoms. The molecule has 3 fully saturated rings. The summed E-state index contributed by atoms with van der Waals surface area (Å²) in [5, 5.41) is 0. The van der Waals surface area contributed by atoms with Gasteiger partial charge < -0.3 is 9.64 Å². The van der Waals surface area contributed by atoms with E-state index in [1.165, 1.54) is 45.2 Å². The van der Waals surface area contributed by atoms with Crippen LogP contribution in [0, 0.1) is 17.7 Å². The molecule has 0 N–H and O–H groups in total. The number of hydrogen-bond acceptors (Lipinski definition) is 6. The van der Waals surface area contributed by atoms with E-state index in [-0.39, 0.29) is 5.82 Å². The lowest BCUT2D eigenvalue weighted by molar-refractivity contribution is -0.0318. The van der Waals surface area contributed by atoms with Crippen LogP contribution in [-0.2, 0) is 11.2 Å². The summed E-state index contributed by atoms with van der Waals surface area (Å²) in [6, 6.07) is 9.75. The van der Waals surface area contributed by atoms with E-state index in [4.69, 9.17) is 4.74 Å². The number of benzene rings is 1. The minimum absolute atomic E-state index is 0.164. The van der Waals surface area contributed by atoms with Gasteiger partial charge in [-0.15, -0.1) is 0 Å². The molecule has 1 aromatic heterocycles. The zero-order valence-electron chi connectivity index (χ0n) is 17.9. The third kappa shape index (κ3) is 4.03. The fraction of sp³-hybridized carbons (Fsp3) is 0.542. The van der Waals surface area contributed by atoms with Crippen molar-refractivity contribution in [2.45, 2.75) is 44.2 Å². The molecule has 3 aliphatic rings. The van der Waals surface area contributed by atoms with Gasteiger partial charge >= 0.3 is 5.97 Å². The fourth-order valence-corrected chi connectivity index (χ4v) is 6.02. The van der Waals surface area contributed by atoms with Crippen molar-refractivity contribution in [3.63, 3.8) is 0 Å². The number of nitrogens with zero attached hydrogens (tertiary/aromatic N) is 4. The lowest BCUT2D eigenvalue weighted by Gasteiger charge is -2.57. The van der Waals surface area contributed by atoms with Gasteiger partial charge in [-0.2, -0.15) is 0 Å². The topological polar surface area (TPSA) is 58.6 Å². The Morgan fingerprint density at radius 3 is 2.90 bits per heavy atom. The van der Waals surface area contributed by atoms with Crippen molar-refractivity contribution in [1.29, 1.82) is 0 Å². The average molecular weight is 425 g/mol. The second-order valence-electron chi connectivity index (χ2n) is 9.12. The van der Waals surface area contributed by atoms with Crippen LogP contribution in [0.15, 0.2) is 36.7 Å². The van der Waals surface area contributed by atoms with Gasteiger partial charge in [0, 0.05) is 31.2 Å². The normalized spacial score (nSPS) is 28.1. The predicted molar refractivity (Wildman–Crippen MR) is 115 cm³/mol. The van der Waals surface area contributed by atoms with Crippen molar-refractivity contribution < 1.29 is 13.9 Å². The van der Waals surface area contributed by atoms with Crippen molar-refractivity contribution in [3.05, 3.63) is 53.7 Å². The highest BCUT2D eigenvalue weighted by atomic mass is 19.1. The monoisotopic (exact) mass is 424 g/mol. The number of hydrogen-bond donors (Lipinski definition) is 0. The molecule has 3 aliphatic heterocycles. The molecular formula is C24H29FN4O2. The van der Waals surface area contributed by atoms with Crippen LogP contribution < -0.4 is 4.90 Å². The molecule has 2 aromatic rings. The van der Waals surface area contributed by atoms with Gasteiger partial charge in [0.25, 0.3) is 0 Å². The van der Waals surface area contributed by atoms with E-state index in [0.29, 0.717) is 29.6 Å². The van der Waals surface area contributed by atoms with Gasteiger partial charge in [-0.25, -0.2) is 19.2 Å². The zero-order valence-corrected chi connectivity index (χ0v) is 17.9. The van der Waals surface area contributed by atoms with Crippen molar-refractivity contribution in [2.24, 2.45) is 11.8 Å². The maximum absolute atomic E-state index is 13.8. The van der Waals surface area contributed by atoms with Crippen LogP contribution >= 0.6 is 0 Å². The van der Waals surface area contributed by atoms with Gasteiger partial charge in [0.15, 0.2) is 5.69 Å². The molecule has 4 heterocycles. The van der Waals surface area contributed by atoms with Crippen molar-refractivity contribution in [3.8, 4) is 0 Å². The van der Waals surface area contributed by atoms with E-state index in [9.17, 15) is 9.18 Å². The molecule has 0 amide bonds. The first-order chi connectivity index (χ1) is 15.1. The van der Waals surface area contributed by atoms with E-state index in [1.54, 1.807) is 12.1 Å². The smallest absolute Gasteiger partial charge is 0.356 e. The van der Waals surface area contributed by atoms with Crippen LogP contribution in [0.25, 0.3) is 0 Å². The van der Waals surface area contributed by atoms with Crippen LogP contribution in [0.1, 0.15) is 41.7 Å². The van der Waals surface area contributed by atoms with Gasteiger partial charge in [-0.1, -0.05) is 18.6 Å². The Bertz CT molecular complexity index is 955. The Kier molecular flexibility index (Phi) is 5.61. The Morgan fingerprint density at radius 1 is 1.19 bits per heavy atom. The molecule has 31 heavy (non-hydrogen) atoms.